The molecule has 2 aliphatic rings. The van der Waals surface area contributed by atoms with Gasteiger partial charge >= 0.3 is 0 Å². The molecular weight excluding hydrogens is 667 g/mol. The molecule has 55 heavy (non-hydrogen) atoms. The molecule has 3 heteroatoms. The highest BCUT2D eigenvalue weighted by Gasteiger charge is 2.53. The zero-order chi connectivity index (χ0) is 36.1. The SMILES string of the molecule is c1ccc(-c2nc(-c3ccccc3)nc(-c3cccc4c3C3(c5ccccc5-c5cc6c7ccccc7c7ccccc7c6cc53)c3ccccc3-4)n2)cc1. The fourth-order valence-electron chi connectivity index (χ4n) is 9.71. The van der Waals surface area contributed by atoms with E-state index in [9.17, 15) is 0 Å². The van der Waals surface area contributed by atoms with Gasteiger partial charge in [-0.3, -0.25) is 0 Å². The van der Waals surface area contributed by atoms with Gasteiger partial charge in [-0.2, -0.15) is 0 Å². The van der Waals surface area contributed by atoms with E-state index in [1.165, 1.54) is 76.8 Å². The minimum absolute atomic E-state index is 0.609. The lowest BCUT2D eigenvalue weighted by Gasteiger charge is -2.32. The smallest absolute Gasteiger partial charge is 0.164 e. The second kappa shape index (κ2) is 11.4. The summed E-state index contributed by atoms with van der Waals surface area (Å²) in [5, 5.41) is 7.64. The van der Waals surface area contributed by atoms with Crippen LogP contribution in [0.15, 0.2) is 188 Å². The lowest BCUT2D eigenvalue weighted by Crippen LogP contribution is -2.27. The number of hydrogen-bond acceptors (Lipinski definition) is 3. The molecule has 1 spiro atoms. The first-order chi connectivity index (χ1) is 27.3. The van der Waals surface area contributed by atoms with Crippen molar-refractivity contribution < 1.29 is 0 Å². The molecule has 0 aliphatic heterocycles. The highest BCUT2D eigenvalue weighted by molar-refractivity contribution is 6.26. The number of rotatable bonds is 3. The third-order valence-corrected chi connectivity index (χ3v) is 11.9. The minimum atomic E-state index is -0.609. The van der Waals surface area contributed by atoms with Crippen molar-refractivity contribution in [3.63, 3.8) is 0 Å². The summed E-state index contributed by atoms with van der Waals surface area (Å²) in [6.45, 7) is 0. The van der Waals surface area contributed by atoms with Crippen LogP contribution in [0.1, 0.15) is 22.3 Å². The van der Waals surface area contributed by atoms with Crippen molar-refractivity contribution >= 4 is 32.3 Å². The van der Waals surface area contributed by atoms with E-state index in [1.807, 2.05) is 36.4 Å². The number of hydrogen-bond donors (Lipinski definition) is 0. The first-order valence-electron chi connectivity index (χ1n) is 18.9. The Kier molecular flexibility index (Phi) is 6.26. The molecule has 10 aromatic rings. The van der Waals surface area contributed by atoms with Crippen molar-refractivity contribution in [2.24, 2.45) is 0 Å². The Morgan fingerprint density at radius 3 is 1.27 bits per heavy atom. The van der Waals surface area contributed by atoms with E-state index in [0.29, 0.717) is 17.5 Å². The van der Waals surface area contributed by atoms with E-state index >= 15 is 0 Å². The van der Waals surface area contributed by atoms with Crippen LogP contribution in [0.3, 0.4) is 0 Å². The molecular formula is C52H31N3. The zero-order valence-electron chi connectivity index (χ0n) is 29.7. The van der Waals surface area contributed by atoms with Crippen LogP contribution < -0.4 is 0 Å². The number of nitrogens with zero attached hydrogens (tertiary/aromatic N) is 3. The molecule has 3 nitrogen and oxygen atoms in total. The maximum atomic E-state index is 5.31. The van der Waals surface area contributed by atoms with Crippen LogP contribution in [-0.2, 0) is 5.41 Å². The third kappa shape index (κ3) is 4.12. The van der Waals surface area contributed by atoms with E-state index in [-0.39, 0.29) is 0 Å². The Morgan fingerprint density at radius 2 is 0.691 bits per heavy atom. The average Bonchev–Trinajstić information content (AvgIpc) is 3.73. The molecule has 0 fully saturated rings. The summed E-state index contributed by atoms with van der Waals surface area (Å²) in [5.74, 6) is 1.98. The quantitative estimate of drug-likeness (QED) is 0.173. The Hall–Kier alpha value is -7.23. The van der Waals surface area contributed by atoms with Crippen molar-refractivity contribution in [2.75, 3.05) is 0 Å². The second-order valence-corrected chi connectivity index (χ2v) is 14.6. The van der Waals surface area contributed by atoms with E-state index in [1.54, 1.807) is 0 Å². The van der Waals surface area contributed by atoms with Crippen LogP contribution in [-0.4, -0.2) is 15.0 Å². The van der Waals surface area contributed by atoms with Crippen molar-refractivity contribution in [1.29, 1.82) is 0 Å². The number of benzene rings is 9. The number of fused-ring (bicyclic) bond motifs is 16. The zero-order valence-corrected chi connectivity index (χ0v) is 29.7. The fourth-order valence-corrected chi connectivity index (χ4v) is 9.71. The van der Waals surface area contributed by atoms with Crippen molar-refractivity contribution in [2.45, 2.75) is 5.41 Å². The van der Waals surface area contributed by atoms with Crippen LogP contribution in [0.4, 0.5) is 0 Å². The molecule has 1 heterocycles. The van der Waals surface area contributed by atoms with E-state index < -0.39 is 5.41 Å². The van der Waals surface area contributed by atoms with Crippen LogP contribution in [0, 0.1) is 0 Å². The predicted molar refractivity (Wildman–Crippen MR) is 225 cm³/mol. The molecule has 0 amide bonds. The summed E-state index contributed by atoms with van der Waals surface area (Å²) in [7, 11) is 0. The Balaban J connectivity index is 1.23. The molecule has 0 N–H and O–H groups in total. The van der Waals surface area contributed by atoms with Crippen LogP contribution in [0.5, 0.6) is 0 Å². The van der Waals surface area contributed by atoms with Gasteiger partial charge in [-0.25, -0.2) is 15.0 Å². The Morgan fingerprint density at radius 1 is 0.273 bits per heavy atom. The van der Waals surface area contributed by atoms with Crippen LogP contribution in [0.25, 0.3) is 88.7 Å². The maximum absolute atomic E-state index is 5.31. The summed E-state index contributed by atoms with van der Waals surface area (Å²) in [4.78, 5) is 15.7. The summed E-state index contributed by atoms with van der Waals surface area (Å²) in [6.07, 6.45) is 0. The molecule has 1 unspecified atom stereocenters. The standard InChI is InChI=1S/C52H31N3/c1-3-16-32(17-4-1)49-53-50(33-18-5-2-6-19-33)55-51(54-49)41-27-15-26-40-38-24-11-13-28-45(38)52(48(40)41)46-29-14-12-25-39(46)44-30-42-36-22-9-7-20-34(36)35-21-8-10-23-37(35)43(42)31-47(44)52/h1-31H. The molecule has 0 saturated heterocycles. The fraction of sp³-hybridized carbons (Fsp3) is 0.0192. The van der Waals surface area contributed by atoms with E-state index in [0.717, 1.165) is 16.7 Å². The maximum Gasteiger partial charge on any atom is 0.164 e. The van der Waals surface area contributed by atoms with E-state index in [4.69, 9.17) is 15.0 Å². The van der Waals surface area contributed by atoms with Gasteiger partial charge in [0.2, 0.25) is 0 Å². The number of aromatic nitrogens is 3. The molecule has 1 aromatic heterocycles. The third-order valence-electron chi connectivity index (χ3n) is 11.9. The molecule has 9 aromatic carbocycles. The molecule has 0 bridgehead atoms. The van der Waals surface area contributed by atoms with Gasteiger partial charge < -0.3 is 0 Å². The molecule has 254 valence electrons. The topological polar surface area (TPSA) is 38.7 Å². The van der Waals surface area contributed by atoms with Gasteiger partial charge in [0, 0.05) is 16.7 Å². The molecule has 12 rings (SSSR count). The highest BCUT2D eigenvalue weighted by Crippen LogP contribution is 2.65. The summed E-state index contributed by atoms with van der Waals surface area (Å²) in [5.41, 5.74) is 12.4. The van der Waals surface area contributed by atoms with Gasteiger partial charge in [-0.15, -0.1) is 0 Å². The van der Waals surface area contributed by atoms with Gasteiger partial charge in [0.15, 0.2) is 17.5 Å². The summed E-state index contributed by atoms with van der Waals surface area (Å²) < 4.78 is 0. The predicted octanol–water partition coefficient (Wildman–Crippen LogP) is 12.7. The van der Waals surface area contributed by atoms with Gasteiger partial charge in [0.25, 0.3) is 0 Å². The Labute approximate surface area is 318 Å². The summed E-state index contributed by atoms with van der Waals surface area (Å²) >= 11 is 0. The molecule has 2 aliphatic carbocycles. The molecule has 0 saturated carbocycles. The summed E-state index contributed by atoms with van der Waals surface area (Å²) in [6, 6.07) is 67.9. The first kappa shape index (κ1) is 30.3. The minimum Gasteiger partial charge on any atom is -0.208 e. The highest BCUT2D eigenvalue weighted by atomic mass is 15.0. The first-order valence-corrected chi connectivity index (χ1v) is 18.9. The lowest BCUT2D eigenvalue weighted by atomic mass is 9.69. The van der Waals surface area contributed by atoms with Crippen LogP contribution >= 0.6 is 0 Å². The van der Waals surface area contributed by atoms with Gasteiger partial charge in [0.1, 0.15) is 0 Å². The molecule has 0 radical (unpaired) electrons. The van der Waals surface area contributed by atoms with Crippen molar-refractivity contribution in [3.8, 4) is 56.4 Å². The van der Waals surface area contributed by atoms with Gasteiger partial charge in [-0.1, -0.05) is 176 Å². The molecule has 1 atom stereocenters. The van der Waals surface area contributed by atoms with Gasteiger partial charge in [0.05, 0.1) is 5.41 Å². The van der Waals surface area contributed by atoms with Crippen molar-refractivity contribution in [1.82, 2.24) is 15.0 Å². The monoisotopic (exact) mass is 697 g/mol. The van der Waals surface area contributed by atoms with Crippen molar-refractivity contribution in [3.05, 3.63) is 210 Å². The largest absolute Gasteiger partial charge is 0.208 e. The van der Waals surface area contributed by atoms with E-state index in [2.05, 4.69) is 152 Å². The lowest BCUT2D eigenvalue weighted by molar-refractivity contribution is 0.795. The average molecular weight is 698 g/mol. The second-order valence-electron chi connectivity index (χ2n) is 14.6. The normalized spacial score (nSPS) is 15.0. The Bertz CT molecular complexity index is 3150. The van der Waals surface area contributed by atoms with Crippen LogP contribution in [0.2, 0.25) is 0 Å². The van der Waals surface area contributed by atoms with Gasteiger partial charge in [-0.05, 0) is 89.0 Å².